The van der Waals surface area contributed by atoms with Gasteiger partial charge in [0.15, 0.2) is 0 Å². The third kappa shape index (κ3) is 3.45. The number of nitrogens with two attached hydrogens (primary N) is 1. The molecule has 1 aliphatic carbocycles. The minimum atomic E-state index is -0.285. The Morgan fingerprint density at radius 2 is 1.89 bits per heavy atom. The summed E-state index contributed by atoms with van der Waals surface area (Å²) in [7, 11) is 0. The molecule has 1 saturated heterocycles. The van der Waals surface area contributed by atoms with Crippen LogP contribution in [-0.2, 0) is 9.53 Å². The van der Waals surface area contributed by atoms with Gasteiger partial charge < -0.3 is 15.4 Å². The molecular weight excluding hydrogens is 228 g/mol. The molecule has 1 heterocycles. The number of hydrogen-bond donors (Lipinski definition) is 1. The number of ether oxygens (including phenoxy) is 1. The number of rotatable bonds is 4. The Bertz CT molecular complexity index is 269. The lowest BCUT2D eigenvalue weighted by Crippen LogP contribution is -2.44. The van der Waals surface area contributed by atoms with Crippen LogP contribution < -0.4 is 5.73 Å². The summed E-state index contributed by atoms with van der Waals surface area (Å²) in [4.78, 5) is 14.2. The number of likely N-dealkylation sites (tertiary alicyclic amines) is 1. The topological polar surface area (TPSA) is 55.6 Å². The fraction of sp³-hybridized carbons (Fsp3) is 0.929. The van der Waals surface area contributed by atoms with E-state index in [0.717, 1.165) is 45.3 Å². The highest BCUT2D eigenvalue weighted by molar-refractivity contribution is 5.80. The van der Waals surface area contributed by atoms with Gasteiger partial charge in [-0.15, -0.1) is 0 Å². The first kappa shape index (κ1) is 13.8. The van der Waals surface area contributed by atoms with Gasteiger partial charge in [-0.05, 0) is 45.1 Å². The van der Waals surface area contributed by atoms with Crippen molar-refractivity contribution < 1.29 is 9.53 Å². The van der Waals surface area contributed by atoms with Crippen LogP contribution in [0.15, 0.2) is 0 Å². The van der Waals surface area contributed by atoms with E-state index in [0.29, 0.717) is 5.92 Å². The second-order valence-corrected chi connectivity index (χ2v) is 5.71. The van der Waals surface area contributed by atoms with Crippen molar-refractivity contribution >= 4 is 5.91 Å². The Morgan fingerprint density at radius 3 is 2.44 bits per heavy atom. The SMILES string of the molecule is CC(OC1CC(CN)C1)C(=O)N1CCCCCC1. The van der Waals surface area contributed by atoms with E-state index in [1.165, 1.54) is 12.8 Å². The van der Waals surface area contributed by atoms with Gasteiger partial charge in [0.1, 0.15) is 6.10 Å². The molecule has 4 nitrogen and oxygen atoms in total. The third-order valence-electron chi connectivity index (χ3n) is 4.19. The average molecular weight is 254 g/mol. The second kappa shape index (κ2) is 6.53. The fourth-order valence-corrected chi connectivity index (χ4v) is 2.87. The summed E-state index contributed by atoms with van der Waals surface area (Å²) in [6.45, 7) is 4.45. The van der Waals surface area contributed by atoms with Gasteiger partial charge in [-0.25, -0.2) is 0 Å². The van der Waals surface area contributed by atoms with E-state index in [2.05, 4.69) is 0 Å². The molecule has 0 aromatic rings. The molecule has 2 fully saturated rings. The minimum absolute atomic E-state index is 0.174. The summed E-state index contributed by atoms with van der Waals surface area (Å²) in [6, 6.07) is 0. The van der Waals surface area contributed by atoms with E-state index >= 15 is 0 Å². The molecule has 104 valence electrons. The summed E-state index contributed by atoms with van der Waals surface area (Å²) in [5.41, 5.74) is 5.59. The van der Waals surface area contributed by atoms with E-state index < -0.39 is 0 Å². The maximum absolute atomic E-state index is 12.3. The van der Waals surface area contributed by atoms with Crippen molar-refractivity contribution in [2.24, 2.45) is 11.7 Å². The summed E-state index contributed by atoms with van der Waals surface area (Å²) in [5, 5.41) is 0. The number of hydrogen-bond acceptors (Lipinski definition) is 3. The highest BCUT2D eigenvalue weighted by atomic mass is 16.5. The Morgan fingerprint density at radius 1 is 1.28 bits per heavy atom. The third-order valence-corrected chi connectivity index (χ3v) is 4.19. The first-order valence-electron chi connectivity index (χ1n) is 7.35. The lowest BCUT2D eigenvalue weighted by molar-refractivity contribution is -0.151. The van der Waals surface area contributed by atoms with Crippen molar-refractivity contribution in [3.05, 3.63) is 0 Å². The summed E-state index contributed by atoms with van der Waals surface area (Å²) in [5.74, 6) is 0.781. The van der Waals surface area contributed by atoms with Crippen LogP contribution in [0.3, 0.4) is 0 Å². The molecule has 2 aliphatic rings. The van der Waals surface area contributed by atoms with Crippen LogP contribution in [0, 0.1) is 5.92 Å². The summed E-state index contributed by atoms with van der Waals surface area (Å²) in [6.07, 6.45) is 6.78. The maximum Gasteiger partial charge on any atom is 0.251 e. The van der Waals surface area contributed by atoms with Gasteiger partial charge in [0, 0.05) is 13.1 Å². The zero-order valence-electron chi connectivity index (χ0n) is 11.4. The van der Waals surface area contributed by atoms with Crippen molar-refractivity contribution in [3.8, 4) is 0 Å². The first-order valence-corrected chi connectivity index (χ1v) is 7.35. The molecule has 0 spiro atoms. The quantitative estimate of drug-likeness (QED) is 0.828. The molecule has 18 heavy (non-hydrogen) atoms. The van der Waals surface area contributed by atoms with Crippen LogP contribution in [0.5, 0.6) is 0 Å². The van der Waals surface area contributed by atoms with Gasteiger partial charge >= 0.3 is 0 Å². The number of carbonyl (C=O) groups excluding carboxylic acids is 1. The monoisotopic (exact) mass is 254 g/mol. The van der Waals surface area contributed by atoms with Crippen molar-refractivity contribution in [2.45, 2.75) is 57.7 Å². The molecule has 1 amide bonds. The van der Waals surface area contributed by atoms with Crippen molar-refractivity contribution in [1.29, 1.82) is 0 Å². The van der Waals surface area contributed by atoms with E-state index in [4.69, 9.17) is 10.5 Å². The van der Waals surface area contributed by atoms with E-state index in [1.807, 2.05) is 11.8 Å². The van der Waals surface area contributed by atoms with E-state index in [9.17, 15) is 4.79 Å². The molecule has 1 unspecified atom stereocenters. The average Bonchev–Trinajstić information content (AvgIpc) is 2.60. The molecular formula is C14H26N2O2. The molecule has 0 aromatic carbocycles. The van der Waals surface area contributed by atoms with Crippen molar-refractivity contribution in [3.63, 3.8) is 0 Å². The smallest absolute Gasteiger partial charge is 0.251 e. The molecule has 2 rings (SSSR count). The van der Waals surface area contributed by atoms with E-state index in [1.54, 1.807) is 0 Å². The molecule has 1 saturated carbocycles. The largest absolute Gasteiger partial charge is 0.365 e. The van der Waals surface area contributed by atoms with Crippen LogP contribution in [-0.4, -0.2) is 42.6 Å². The predicted octanol–water partition coefficient (Wildman–Crippen LogP) is 1.53. The predicted molar refractivity (Wildman–Crippen MR) is 71.2 cm³/mol. The molecule has 0 radical (unpaired) electrons. The van der Waals surface area contributed by atoms with Crippen LogP contribution in [0.1, 0.15) is 45.4 Å². The molecule has 0 aromatic heterocycles. The molecule has 2 N–H and O–H groups in total. The van der Waals surface area contributed by atoms with Crippen LogP contribution in [0.4, 0.5) is 0 Å². The Labute approximate surface area is 110 Å². The minimum Gasteiger partial charge on any atom is -0.365 e. The Kier molecular flexibility index (Phi) is 5.01. The molecule has 1 aliphatic heterocycles. The number of amides is 1. The van der Waals surface area contributed by atoms with Crippen molar-refractivity contribution in [2.75, 3.05) is 19.6 Å². The number of carbonyl (C=O) groups is 1. The normalized spacial score (nSPS) is 30.4. The van der Waals surface area contributed by atoms with E-state index in [-0.39, 0.29) is 18.1 Å². The Hall–Kier alpha value is -0.610. The van der Waals surface area contributed by atoms with Crippen LogP contribution in [0.2, 0.25) is 0 Å². The fourth-order valence-electron chi connectivity index (χ4n) is 2.87. The second-order valence-electron chi connectivity index (χ2n) is 5.71. The highest BCUT2D eigenvalue weighted by Crippen LogP contribution is 2.30. The molecule has 0 bridgehead atoms. The standard InChI is InChI=1S/C14H26N2O2/c1-11(18-13-8-12(9-13)10-15)14(17)16-6-4-2-3-5-7-16/h11-13H,2-10,15H2,1H3. The van der Waals surface area contributed by atoms with Crippen LogP contribution in [0.25, 0.3) is 0 Å². The molecule has 4 heteroatoms. The van der Waals surface area contributed by atoms with Gasteiger partial charge in [0.2, 0.25) is 0 Å². The van der Waals surface area contributed by atoms with Crippen molar-refractivity contribution in [1.82, 2.24) is 4.90 Å². The molecule has 1 atom stereocenters. The van der Waals surface area contributed by atoms with Crippen LogP contribution >= 0.6 is 0 Å². The van der Waals surface area contributed by atoms with Gasteiger partial charge in [-0.2, -0.15) is 0 Å². The zero-order valence-corrected chi connectivity index (χ0v) is 11.4. The van der Waals surface area contributed by atoms with Gasteiger partial charge in [-0.3, -0.25) is 4.79 Å². The zero-order chi connectivity index (χ0) is 13.0. The lowest BCUT2D eigenvalue weighted by Gasteiger charge is -2.36. The van der Waals surface area contributed by atoms with Gasteiger partial charge in [-0.1, -0.05) is 12.8 Å². The van der Waals surface area contributed by atoms with Gasteiger partial charge in [0.05, 0.1) is 6.10 Å². The summed E-state index contributed by atoms with van der Waals surface area (Å²) < 4.78 is 5.83. The highest BCUT2D eigenvalue weighted by Gasteiger charge is 2.32. The summed E-state index contributed by atoms with van der Waals surface area (Å²) >= 11 is 0. The maximum atomic E-state index is 12.3. The first-order chi connectivity index (χ1) is 8.70. The van der Waals surface area contributed by atoms with Gasteiger partial charge in [0.25, 0.3) is 5.91 Å². The number of nitrogens with zero attached hydrogens (tertiary/aromatic N) is 1. The lowest BCUT2D eigenvalue weighted by atomic mass is 9.82. The Balaban J connectivity index is 1.74.